The van der Waals surface area contributed by atoms with Gasteiger partial charge in [0.2, 0.25) is 5.91 Å². The molecule has 112 valence electrons. The zero-order valence-corrected chi connectivity index (χ0v) is 11.0. The number of aryl methyl sites for hydroxylation is 1. The van der Waals surface area contributed by atoms with Crippen LogP contribution < -0.4 is 10.6 Å². The van der Waals surface area contributed by atoms with Crippen LogP contribution >= 0.6 is 0 Å². The zero-order chi connectivity index (χ0) is 15.6. The van der Waals surface area contributed by atoms with Gasteiger partial charge in [0.25, 0.3) is 10.0 Å². The van der Waals surface area contributed by atoms with E-state index in [4.69, 9.17) is 5.73 Å². The molecule has 0 saturated carbocycles. The maximum atomic E-state index is 11.8. The standard InChI is InChI=1S/C10H11F3N2O4S/c1-6-2-3-7(4-8(6)9(14)16)20(17,18)15-19-5-10(11,12)13/h2-4,15H,5H2,1H3,(H2,14,16). The molecule has 0 heterocycles. The third-order valence-corrected chi connectivity index (χ3v) is 3.40. The van der Waals surface area contributed by atoms with Crippen LogP contribution in [0.25, 0.3) is 0 Å². The molecule has 1 aromatic rings. The van der Waals surface area contributed by atoms with Crippen molar-refractivity contribution in [2.75, 3.05) is 6.61 Å². The Balaban J connectivity index is 2.93. The molecule has 0 aliphatic rings. The summed E-state index contributed by atoms with van der Waals surface area (Å²) in [5, 5.41) is 0. The lowest BCUT2D eigenvalue weighted by atomic mass is 10.1. The molecule has 20 heavy (non-hydrogen) atoms. The molecule has 1 rings (SSSR count). The van der Waals surface area contributed by atoms with Crippen LogP contribution in [0.4, 0.5) is 13.2 Å². The van der Waals surface area contributed by atoms with E-state index >= 15 is 0 Å². The number of hydrogen-bond donors (Lipinski definition) is 2. The van der Waals surface area contributed by atoms with Gasteiger partial charge in [0.05, 0.1) is 4.90 Å². The highest BCUT2D eigenvalue weighted by atomic mass is 32.2. The Hall–Kier alpha value is -1.65. The van der Waals surface area contributed by atoms with E-state index in [1.54, 1.807) is 0 Å². The van der Waals surface area contributed by atoms with Crippen molar-refractivity contribution in [1.29, 1.82) is 0 Å². The molecular weight excluding hydrogens is 301 g/mol. The van der Waals surface area contributed by atoms with Crippen molar-refractivity contribution in [3.05, 3.63) is 29.3 Å². The first-order chi connectivity index (χ1) is 9.03. The van der Waals surface area contributed by atoms with Crippen molar-refractivity contribution >= 4 is 15.9 Å². The summed E-state index contributed by atoms with van der Waals surface area (Å²) in [6, 6.07) is 3.37. The third-order valence-electron chi connectivity index (χ3n) is 2.19. The number of benzene rings is 1. The van der Waals surface area contributed by atoms with Crippen molar-refractivity contribution in [3.63, 3.8) is 0 Å². The number of rotatable bonds is 5. The second-order valence-electron chi connectivity index (χ2n) is 3.83. The minimum atomic E-state index is -4.67. The van der Waals surface area contributed by atoms with Crippen LogP contribution in [0.1, 0.15) is 15.9 Å². The largest absolute Gasteiger partial charge is 0.413 e. The monoisotopic (exact) mass is 312 g/mol. The van der Waals surface area contributed by atoms with Gasteiger partial charge in [-0.1, -0.05) is 11.0 Å². The van der Waals surface area contributed by atoms with Gasteiger partial charge in [0.1, 0.15) is 0 Å². The van der Waals surface area contributed by atoms with Gasteiger partial charge >= 0.3 is 6.18 Å². The van der Waals surface area contributed by atoms with Crippen molar-refractivity contribution in [2.24, 2.45) is 5.73 Å². The molecule has 0 saturated heterocycles. The van der Waals surface area contributed by atoms with Crippen LogP contribution in [0, 0.1) is 6.92 Å². The van der Waals surface area contributed by atoms with Gasteiger partial charge in [-0.25, -0.2) is 8.42 Å². The van der Waals surface area contributed by atoms with E-state index in [2.05, 4.69) is 4.84 Å². The van der Waals surface area contributed by atoms with Gasteiger partial charge in [0, 0.05) is 5.56 Å². The minimum Gasteiger partial charge on any atom is -0.366 e. The predicted molar refractivity (Wildman–Crippen MR) is 62.0 cm³/mol. The molecular formula is C10H11F3N2O4S. The predicted octanol–water partition coefficient (Wildman–Crippen LogP) is 0.866. The van der Waals surface area contributed by atoms with Crippen molar-refractivity contribution in [2.45, 2.75) is 18.0 Å². The van der Waals surface area contributed by atoms with Crippen LogP contribution in [0.5, 0.6) is 0 Å². The summed E-state index contributed by atoms with van der Waals surface area (Å²) in [6.45, 7) is -0.245. The van der Waals surface area contributed by atoms with Crippen LogP contribution in [0.15, 0.2) is 23.1 Å². The lowest BCUT2D eigenvalue weighted by Gasteiger charge is -2.10. The molecule has 0 bridgehead atoms. The van der Waals surface area contributed by atoms with Crippen LogP contribution in [0.2, 0.25) is 0 Å². The second kappa shape index (κ2) is 5.77. The van der Waals surface area contributed by atoms with Crippen LogP contribution in [-0.2, 0) is 14.9 Å². The normalized spacial score (nSPS) is 12.4. The molecule has 0 radical (unpaired) electrons. The number of sulfonamides is 1. The highest BCUT2D eigenvalue weighted by Crippen LogP contribution is 2.17. The molecule has 6 nitrogen and oxygen atoms in total. The summed E-state index contributed by atoms with van der Waals surface area (Å²) in [4.78, 5) is 15.8. The Morgan fingerprint density at radius 3 is 2.50 bits per heavy atom. The van der Waals surface area contributed by atoms with Crippen molar-refractivity contribution in [3.8, 4) is 0 Å². The molecule has 0 spiro atoms. The van der Waals surface area contributed by atoms with E-state index in [1.165, 1.54) is 17.9 Å². The molecule has 3 N–H and O–H groups in total. The number of primary amides is 1. The SMILES string of the molecule is Cc1ccc(S(=O)(=O)NOCC(F)(F)F)cc1C(N)=O. The van der Waals surface area contributed by atoms with Gasteiger partial charge in [-0.2, -0.15) is 13.2 Å². The summed E-state index contributed by atoms with van der Waals surface area (Å²) in [5.41, 5.74) is 5.44. The number of halogens is 3. The fraction of sp³-hybridized carbons (Fsp3) is 0.300. The number of nitrogens with two attached hydrogens (primary N) is 1. The topological polar surface area (TPSA) is 98.5 Å². The molecule has 0 unspecified atom stereocenters. The summed E-state index contributed by atoms with van der Waals surface area (Å²) >= 11 is 0. The lowest BCUT2D eigenvalue weighted by Crippen LogP contribution is -2.30. The fourth-order valence-corrected chi connectivity index (χ4v) is 2.10. The molecule has 1 aromatic carbocycles. The average molecular weight is 312 g/mol. The number of amides is 1. The summed E-state index contributed by atoms with van der Waals surface area (Å²) in [6.07, 6.45) is -4.67. The maximum Gasteiger partial charge on any atom is 0.413 e. The van der Waals surface area contributed by atoms with E-state index in [9.17, 15) is 26.4 Å². The zero-order valence-electron chi connectivity index (χ0n) is 10.2. The van der Waals surface area contributed by atoms with E-state index in [-0.39, 0.29) is 5.56 Å². The van der Waals surface area contributed by atoms with Crippen LogP contribution in [0.3, 0.4) is 0 Å². The molecule has 0 aliphatic carbocycles. The first kappa shape index (κ1) is 16.4. The third kappa shape index (κ3) is 4.47. The summed E-state index contributed by atoms with van der Waals surface area (Å²) in [7, 11) is -4.34. The number of hydrogen-bond acceptors (Lipinski definition) is 4. The molecule has 0 aliphatic heterocycles. The summed E-state index contributed by atoms with van der Waals surface area (Å²) < 4.78 is 58.8. The molecule has 0 atom stereocenters. The molecule has 0 fully saturated rings. The van der Waals surface area contributed by atoms with Crippen LogP contribution in [-0.4, -0.2) is 27.1 Å². The van der Waals surface area contributed by atoms with Gasteiger partial charge in [-0.05, 0) is 24.6 Å². The number of carbonyl (C=O) groups is 1. The lowest BCUT2D eigenvalue weighted by molar-refractivity contribution is -0.181. The first-order valence-corrected chi connectivity index (χ1v) is 6.62. The number of alkyl halides is 3. The first-order valence-electron chi connectivity index (χ1n) is 5.14. The number of carbonyl (C=O) groups excluding carboxylic acids is 1. The molecule has 10 heteroatoms. The second-order valence-corrected chi connectivity index (χ2v) is 5.48. The Kier molecular flexibility index (Phi) is 4.73. The Morgan fingerprint density at radius 2 is 2.00 bits per heavy atom. The highest BCUT2D eigenvalue weighted by Gasteiger charge is 2.29. The van der Waals surface area contributed by atoms with Crippen molar-refractivity contribution in [1.82, 2.24) is 4.89 Å². The van der Waals surface area contributed by atoms with Crippen molar-refractivity contribution < 1.29 is 31.2 Å². The van der Waals surface area contributed by atoms with Gasteiger partial charge in [-0.3, -0.25) is 9.63 Å². The van der Waals surface area contributed by atoms with E-state index in [1.807, 2.05) is 0 Å². The van der Waals surface area contributed by atoms with Gasteiger partial charge in [-0.15, -0.1) is 0 Å². The number of nitrogens with one attached hydrogen (secondary N) is 1. The van der Waals surface area contributed by atoms with E-state index < -0.39 is 33.6 Å². The maximum absolute atomic E-state index is 11.8. The Morgan fingerprint density at radius 1 is 1.40 bits per heavy atom. The van der Waals surface area contributed by atoms with Gasteiger partial charge in [0.15, 0.2) is 6.61 Å². The highest BCUT2D eigenvalue weighted by molar-refractivity contribution is 7.89. The van der Waals surface area contributed by atoms with E-state index in [0.717, 1.165) is 12.1 Å². The quantitative estimate of drug-likeness (QED) is 0.788. The smallest absolute Gasteiger partial charge is 0.366 e. The minimum absolute atomic E-state index is 0.0521. The molecule has 1 amide bonds. The summed E-state index contributed by atoms with van der Waals surface area (Å²) in [5.74, 6) is -0.851. The Bertz CT molecular complexity index is 613. The molecule has 0 aromatic heterocycles. The Labute approximate surface area is 112 Å². The van der Waals surface area contributed by atoms with E-state index in [0.29, 0.717) is 5.56 Å². The average Bonchev–Trinajstić information content (AvgIpc) is 2.26. The van der Waals surface area contributed by atoms with Gasteiger partial charge < -0.3 is 5.73 Å². The fourth-order valence-electron chi connectivity index (χ4n) is 1.27.